The van der Waals surface area contributed by atoms with Crippen molar-refractivity contribution < 1.29 is 0 Å². The van der Waals surface area contributed by atoms with Crippen LogP contribution in [0.5, 0.6) is 0 Å². The van der Waals surface area contributed by atoms with Crippen molar-refractivity contribution in [2.45, 2.75) is 13.3 Å². The van der Waals surface area contributed by atoms with Crippen LogP contribution in [0.1, 0.15) is 23.7 Å². The van der Waals surface area contributed by atoms with E-state index in [1.807, 2.05) is 25.3 Å². The maximum Gasteiger partial charge on any atom is 0.136 e. The van der Waals surface area contributed by atoms with Gasteiger partial charge in [0.1, 0.15) is 5.65 Å². The highest BCUT2D eigenvalue weighted by Gasteiger charge is 2.05. The largest absolute Gasteiger partial charge is 0.303 e. The number of rotatable bonds is 3. The molecule has 0 saturated carbocycles. The summed E-state index contributed by atoms with van der Waals surface area (Å²) in [5.41, 5.74) is 5.70. The topological polar surface area (TPSA) is 17.3 Å². The molecule has 0 bridgehead atoms. The SMILES string of the molecule is C=C(C)c1ccc2ncc(Cc3ccccc3)n2c1. The van der Waals surface area contributed by atoms with Crippen molar-refractivity contribution in [1.82, 2.24) is 9.38 Å². The van der Waals surface area contributed by atoms with Gasteiger partial charge in [-0.1, -0.05) is 36.9 Å². The molecule has 0 aliphatic heterocycles. The minimum Gasteiger partial charge on any atom is -0.303 e. The molecule has 2 heterocycles. The van der Waals surface area contributed by atoms with Gasteiger partial charge in [-0.25, -0.2) is 4.98 Å². The fourth-order valence-electron chi connectivity index (χ4n) is 2.22. The van der Waals surface area contributed by atoms with E-state index in [9.17, 15) is 0 Å². The first-order valence-electron chi connectivity index (χ1n) is 6.40. The number of pyridine rings is 1. The zero-order valence-corrected chi connectivity index (χ0v) is 11.0. The Kier molecular flexibility index (Phi) is 2.92. The zero-order chi connectivity index (χ0) is 13.2. The number of aromatic nitrogens is 2. The fraction of sp³-hybridized carbons (Fsp3) is 0.118. The molecule has 2 nitrogen and oxygen atoms in total. The van der Waals surface area contributed by atoms with Gasteiger partial charge in [0.05, 0.1) is 0 Å². The van der Waals surface area contributed by atoms with Crippen molar-refractivity contribution in [2.24, 2.45) is 0 Å². The lowest BCUT2D eigenvalue weighted by Gasteiger charge is -2.05. The Balaban J connectivity index is 2.04. The van der Waals surface area contributed by atoms with E-state index in [0.717, 1.165) is 23.2 Å². The predicted octanol–water partition coefficient (Wildman–Crippen LogP) is 3.96. The maximum absolute atomic E-state index is 4.45. The van der Waals surface area contributed by atoms with Gasteiger partial charge in [-0.05, 0) is 35.8 Å². The van der Waals surface area contributed by atoms with Crippen molar-refractivity contribution in [3.63, 3.8) is 0 Å². The Labute approximate surface area is 113 Å². The van der Waals surface area contributed by atoms with Crippen molar-refractivity contribution in [1.29, 1.82) is 0 Å². The second-order valence-electron chi connectivity index (χ2n) is 4.84. The molecule has 0 spiro atoms. The molecule has 3 aromatic rings. The second-order valence-corrected chi connectivity index (χ2v) is 4.84. The third kappa shape index (κ3) is 2.29. The Morgan fingerprint density at radius 3 is 2.68 bits per heavy atom. The molecule has 1 aromatic carbocycles. The monoisotopic (exact) mass is 248 g/mol. The number of imidazole rings is 1. The van der Waals surface area contributed by atoms with Gasteiger partial charge in [-0.3, -0.25) is 0 Å². The molecule has 0 atom stereocenters. The van der Waals surface area contributed by atoms with E-state index in [-0.39, 0.29) is 0 Å². The number of nitrogens with zero attached hydrogens (tertiary/aromatic N) is 2. The van der Waals surface area contributed by atoms with E-state index in [1.54, 1.807) is 0 Å². The Morgan fingerprint density at radius 1 is 1.16 bits per heavy atom. The van der Waals surface area contributed by atoms with Gasteiger partial charge in [0.15, 0.2) is 0 Å². The minimum atomic E-state index is 0.891. The minimum absolute atomic E-state index is 0.891. The van der Waals surface area contributed by atoms with Crippen LogP contribution in [-0.2, 0) is 6.42 Å². The Morgan fingerprint density at radius 2 is 1.95 bits per heavy atom. The van der Waals surface area contributed by atoms with E-state index in [2.05, 4.69) is 52.5 Å². The van der Waals surface area contributed by atoms with Crippen LogP contribution in [0.2, 0.25) is 0 Å². The Bertz CT molecular complexity index is 723. The number of hydrogen-bond donors (Lipinski definition) is 0. The maximum atomic E-state index is 4.45. The summed E-state index contributed by atoms with van der Waals surface area (Å²) < 4.78 is 2.15. The third-order valence-corrected chi connectivity index (χ3v) is 3.30. The van der Waals surface area contributed by atoms with Crippen LogP contribution < -0.4 is 0 Å². The molecule has 0 unspecified atom stereocenters. The summed E-state index contributed by atoms with van der Waals surface area (Å²) in [6.45, 7) is 6.02. The van der Waals surface area contributed by atoms with Crippen LogP contribution >= 0.6 is 0 Å². The lowest BCUT2D eigenvalue weighted by atomic mass is 10.1. The molecule has 0 fully saturated rings. The van der Waals surface area contributed by atoms with Crippen LogP contribution in [0.4, 0.5) is 0 Å². The highest BCUT2D eigenvalue weighted by molar-refractivity contribution is 5.62. The lowest BCUT2D eigenvalue weighted by Crippen LogP contribution is -1.95. The number of allylic oxidation sites excluding steroid dienone is 1. The number of fused-ring (bicyclic) bond motifs is 1. The summed E-state index contributed by atoms with van der Waals surface area (Å²) >= 11 is 0. The molecule has 0 saturated heterocycles. The molecule has 3 rings (SSSR count). The summed E-state index contributed by atoms with van der Waals surface area (Å²) in [7, 11) is 0. The van der Waals surface area contributed by atoms with Crippen molar-refractivity contribution in [3.8, 4) is 0 Å². The predicted molar refractivity (Wildman–Crippen MR) is 79.1 cm³/mol. The average Bonchev–Trinajstić information content (AvgIpc) is 2.82. The van der Waals surface area contributed by atoms with Crippen molar-refractivity contribution in [3.05, 3.63) is 78.3 Å². The van der Waals surface area contributed by atoms with Gasteiger partial charge < -0.3 is 4.40 Å². The summed E-state index contributed by atoms with van der Waals surface area (Å²) in [5.74, 6) is 0. The van der Waals surface area contributed by atoms with Gasteiger partial charge in [0.2, 0.25) is 0 Å². The first-order chi connectivity index (χ1) is 9.24. The molecular weight excluding hydrogens is 232 g/mol. The van der Waals surface area contributed by atoms with Crippen LogP contribution in [0.25, 0.3) is 11.2 Å². The molecular formula is C17H16N2. The third-order valence-electron chi connectivity index (χ3n) is 3.30. The van der Waals surface area contributed by atoms with Crippen molar-refractivity contribution in [2.75, 3.05) is 0 Å². The van der Waals surface area contributed by atoms with E-state index < -0.39 is 0 Å². The first-order valence-corrected chi connectivity index (χ1v) is 6.40. The second kappa shape index (κ2) is 4.73. The first kappa shape index (κ1) is 11.7. The van der Waals surface area contributed by atoms with Crippen LogP contribution in [-0.4, -0.2) is 9.38 Å². The van der Waals surface area contributed by atoms with Gasteiger partial charge >= 0.3 is 0 Å². The zero-order valence-electron chi connectivity index (χ0n) is 11.0. The highest BCUT2D eigenvalue weighted by atomic mass is 15.0. The smallest absolute Gasteiger partial charge is 0.136 e. The summed E-state index contributed by atoms with van der Waals surface area (Å²) in [6.07, 6.45) is 4.95. The van der Waals surface area contributed by atoms with Crippen LogP contribution in [0.3, 0.4) is 0 Å². The molecule has 2 heteroatoms. The normalized spacial score (nSPS) is 10.8. The van der Waals surface area contributed by atoms with E-state index in [0.29, 0.717) is 0 Å². The molecule has 2 aromatic heterocycles. The molecule has 19 heavy (non-hydrogen) atoms. The quantitative estimate of drug-likeness (QED) is 0.686. The summed E-state index contributed by atoms with van der Waals surface area (Å²) in [5, 5.41) is 0. The highest BCUT2D eigenvalue weighted by Crippen LogP contribution is 2.16. The van der Waals surface area contributed by atoms with Crippen molar-refractivity contribution >= 4 is 11.2 Å². The van der Waals surface area contributed by atoms with Crippen LogP contribution in [0.15, 0.2) is 61.4 Å². The average molecular weight is 248 g/mol. The molecule has 0 N–H and O–H groups in total. The lowest BCUT2D eigenvalue weighted by molar-refractivity contribution is 1.02. The molecule has 0 aliphatic rings. The molecule has 0 amide bonds. The van der Waals surface area contributed by atoms with Gasteiger partial charge in [-0.15, -0.1) is 0 Å². The standard InChI is InChI=1S/C17H16N2/c1-13(2)15-8-9-17-18-11-16(19(17)12-15)10-14-6-4-3-5-7-14/h3-9,11-12H,1,10H2,2H3. The summed E-state index contributed by atoms with van der Waals surface area (Å²) in [4.78, 5) is 4.45. The van der Waals surface area contributed by atoms with E-state index >= 15 is 0 Å². The fourth-order valence-corrected chi connectivity index (χ4v) is 2.22. The van der Waals surface area contributed by atoms with Gasteiger partial charge in [-0.2, -0.15) is 0 Å². The van der Waals surface area contributed by atoms with E-state index in [1.165, 1.54) is 11.3 Å². The molecule has 0 radical (unpaired) electrons. The number of benzene rings is 1. The summed E-state index contributed by atoms with van der Waals surface area (Å²) in [6, 6.07) is 14.6. The van der Waals surface area contributed by atoms with Crippen LogP contribution in [0, 0.1) is 0 Å². The van der Waals surface area contributed by atoms with Gasteiger partial charge in [0.25, 0.3) is 0 Å². The molecule has 94 valence electrons. The number of hydrogen-bond acceptors (Lipinski definition) is 1. The van der Waals surface area contributed by atoms with Gasteiger partial charge in [0, 0.05) is 24.5 Å². The Hall–Kier alpha value is -2.35. The molecule has 0 aliphatic carbocycles. The van der Waals surface area contributed by atoms with E-state index in [4.69, 9.17) is 0 Å².